The summed E-state index contributed by atoms with van der Waals surface area (Å²) in [4.78, 5) is 0. The van der Waals surface area contributed by atoms with E-state index < -0.39 is 0 Å². The van der Waals surface area contributed by atoms with Crippen LogP contribution >= 0.6 is 11.8 Å². The minimum Gasteiger partial charge on any atom is -0.464 e. The van der Waals surface area contributed by atoms with Crippen molar-refractivity contribution in [1.29, 1.82) is 0 Å². The van der Waals surface area contributed by atoms with Gasteiger partial charge in [-0.25, -0.2) is 0 Å². The van der Waals surface area contributed by atoms with Gasteiger partial charge in [-0.05, 0) is 12.1 Å². The summed E-state index contributed by atoms with van der Waals surface area (Å²) in [6, 6.07) is 3.88. The molecule has 0 amide bonds. The van der Waals surface area contributed by atoms with Crippen molar-refractivity contribution < 1.29 is 7.27 Å². The quantitative estimate of drug-likeness (QED) is 0.785. The Morgan fingerprint density at radius 2 is 1.69 bits per heavy atom. The minimum atomic E-state index is 0. The van der Waals surface area contributed by atoms with Crippen LogP contribution in [0.15, 0.2) is 16.5 Å². The maximum Gasteiger partial charge on any atom is 0.117 e. The van der Waals surface area contributed by atoms with E-state index in [1.807, 2.05) is 39.8 Å². The molecule has 1 aromatic rings. The Morgan fingerprint density at radius 3 is 2.12 bits per heavy atom. The second kappa shape index (κ2) is 14.6. The van der Waals surface area contributed by atoms with Gasteiger partial charge in [-0.15, -0.1) is 0 Å². The highest BCUT2D eigenvalue weighted by molar-refractivity contribution is 7.98. The van der Waals surface area contributed by atoms with Crippen molar-refractivity contribution in [1.82, 2.24) is 0 Å². The molecule has 0 fully saturated rings. The molecular formula is C12H30N2OS. The molecule has 0 aromatic carbocycles. The molecule has 0 spiro atoms. The zero-order valence-corrected chi connectivity index (χ0v) is 11.8. The molecule has 0 aliphatic carbocycles. The fourth-order valence-electron chi connectivity index (χ4n) is 0.866. The predicted molar refractivity (Wildman–Crippen MR) is 78.7 cm³/mol. The lowest BCUT2D eigenvalue weighted by Gasteiger charge is -1.95. The Kier molecular flexibility index (Phi) is 16.3. The van der Waals surface area contributed by atoms with Crippen molar-refractivity contribution in [3.05, 3.63) is 23.7 Å². The van der Waals surface area contributed by atoms with E-state index in [2.05, 4.69) is 0 Å². The third-order valence-corrected chi connectivity index (χ3v) is 2.44. The van der Waals surface area contributed by atoms with Crippen LogP contribution in [0.5, 0.6) is 0 Å². The average Bonchev–Trinajstić information content (AvgIpc) is 2.83. The molecule has 3 nitrogen and oxygen atoms in total. The fourth-order valence-corrected chi connectivity index (χ4v) is 1.53. The van der Waals surface area contributed by atoms with Crippen LogP contribution in [0, 0.1) is 0 Å². The van der Waals surface area contributed by atoms with Gasteiger partial charge in [0, 0.05) is 15.2 Å². The highest BCUT2D eigenvalue weighted by Gasteiger charge is 1.99. The van der Waals surface area contributed by atoms with Gasteiger partial charge in [0.2, 0.25) is 0 Å². The molecule has 1 heterocycles. The number of thioether (sulfide) groups is 1. The van der Waals surface area contributed by atoms with Crippen molar-refractivity contribution >= 4 is 11.8 Å². The zero-order valence-electron chi connectivity index (χ0n) is 11.0. The molecular weight excluding hydrogens is 220 g/mol. The van der Waals surface area contributed by atoms with Gasteiger partial charge in [0.05, 0.1) is 12.3 Å². The highest BCUT2D eigenvalue weighted by atomic mass is 32.2. The normalized spacial score (nSPS) is 8.62. The lowest BCUT2D eigenvalue weighted by atomic mass is 10.4. The molecule has 0 aliphatic heterocycles. The van der Waals surface area contributed by atoms with E-state index in [-0.39, 0.29) is 2.85 Å². The van der Waals surface area contributed by atoms with Crippen molar-refractivity contribution in [2.45, 2.75) is 40.0 Å². The number of furan rings is 1. The number of rotatable bonds is 5. The summed E-state index contributed by atoms with van der Waals surface area (Å²) in [5, 5.41) is 0. The van der Waals surface area contributed by atoms with Gasteiger partial charge in [0.1, 0.15) is 11.5 Å². The Balaban J connectivity index is -0.000000149. The Bertz CT molecular complexity index is 236. The Hall–Kier alpha value is -0.450. The Morgan fingerprint density at radius 1 is 1.12 bits per heavy atom. The lowest BCUT2D eigenvalue weighted by molar-refractivity contribution is 0.482. The van der Waals surface area contributed by atoms with Gasteiger partial charge >= 0.3 is 0 Å². The van der Waals surface area contributed by atoms with Crippen LogP contribution in [0.4, 0.5) is 0 Å². The number of hydrogen-bond donors (Lipinski definition) is 2. The summed E-state index contributed by atoms with van der Waals surface area (Å²) >= 11 is 1.77. The molecule has 0 aliphatic rings. The molecule has 0 bridgehead atoms. The summed E-state index contributed by atoms with van der Waals surface area (Å²) in [6.07, 6.45) is 0. The van der Waals surface area contributed by atoms with Crippen molar-refractivity contribution in [2.75, 3.05) is 12.3 Å². The topological polar surface area (TPSA) is 65.2 Å². The van der Waals surface area contributed by atoms with E-state index in [1.165, 1.54) is 0 Å². The third-order valence-electron chi connectivity index (χ3n) is 1.43. The van der Waals surface area contributed by atoms with E-state index in [0.29, 0.717) is 6.54 Å². The molecule has 0 saturated heterocycles. The fraction of sp³-hybridized carbons (Fsp3) is 0.667. The molecule has 0 radical (unpaired) electrons. The molecule has 1 aromatic heterocycles. The van der Waals surface area contributed by atoms with Gasteiger partial charge in [-0.3, -0.25) is 0 Å². The van der Waals surface area contributed by atoms with Crippen molar-refractivity contribution in [3.8, 4) is 0 Å². The molecule has 100 valence electrons. The minimum absolute atomic E-state index is 0. The molecule has 4 heteroatoms. The summed E-state index contributed by atoms with van der Waals surface area (Å²) < 4.78 is 5.39. The van der Waals surface area contributed by atoms with Crippen molar-refractivity contribution in [2.24, 2.45) is 11.5 Å². The average molecular weight is 250 g/mol. The second-order valence-electron chi connectivity index (χ2n) is 2.41. The largest absolute Gasteiger partial charge is 0.464 e. The van der Waals surface area contributed by atoms with Crippen LogP contribution in [0.2, 0.25) is 0 Å². The van der Waals surface area contributed by atoms with Crippen LogP contribution in [0.1, 0.15) is 42.1 Å². The van der Waals surface area contributed by atoms with Crippen LogP contribution in [0.25, 0.3) is 0 Å². The molecule has 4 N–H and O–H groups in total. The SMILES string of the molecule is CC.CC.NCCSCc1ccc(CN)o1.[HH].[HH]. The van der Waals surface area contributed by atoms with E-state index in [9.17, 15) is 0 Å². The summed E-state index contributed by atoms with van der Waals surface area (Å²) in [5.41, 5.74) is 10.8. The van der Waals surface area contributed by atoms with Crippen LogP contribution in [-0.2, 0) is 12.3 Å². The molecule has 0 atom stereocenters. The van der Waals surface area contributed by atoms with Crippen molar-refractivity contribution in [3.63, 3.8) is 0 Å². The Labute approximate surface area is 107 Å². The molecule has 16 heavy (non-hydrogen) atoms. The maximum absolute atomic E-state index is 5.40. The first kappa shape index (κ1) is 17.9. The van der Waals surface area contributed by atoms with Gasteiger partial charge < -0.3 is 15.9 Å². The highest BCUT2D eigenvalue weighted by Crippen LogP contribution is 2.14. The summed E-state index contributed by atoms with van der Waals surface area (Å²) in [6.45, 7) is 9.19. The van der Waals surface area contributed by atoms with Gasteiger partial charge in [0.15, 0.2) is 0 Å². The van der Waals surface area contributed by atoms with E-state index >= 15 is 0 Å². The molecule has 0 unspecified atom stereocenters. The molecule has 1 rings (SSSR count). The number of hydrogen-bond acceptors (Lipinski definition) is 4. The lowest BCUT2D eigenvalue weighted by Crippen LogP contribution is -2.01. The first-order valence-corrected chi connectivity index (χ1v) is 7.07. The standard InChI is InChI=1S/C8H14N2OS.2C2H6.2H2/c9-3-4-12-6-8-2-1-7(5-10)11-8;2*1-2;;/h1-2H,3-6,9-10H2;2*1-2H3;2*1H. The van der Waals surface area contributed by atoms with Crippen LogP contribution < -0.4 is 11.5 Å². The van der Waals surface area contributed by atoms with Crippen LogP contribution in [-0.4, -0.2) is 12.3 Å². The first-order valence-electron chi connectivity index (χ1n) is 5.92. The van der Waals surface area contributed by atoms with E-state index in [4.69, 9.17) is 15.9 Å². The van der Waals surface area contributed by atoms with E-state index in [1.54, 1.807) is 11.8 Å². The predicted octanol–water partition coefficient (Wildman–Crippen LogP) is 3.47. The van der Waals surface area contributed by atoms with Gasteiger partial charge in [-0.1, -0.05) is 27.7 Å². The molecule has 0 saturated carbocycles. The first-order chi connectivity index (χ1) is 7.86. The number of nitrogens with two attached hydrogens (primary N) is 2. The second-order valence-corrected chi connectivity index (χ2v) is 3.52. The van der Waals surface area contributed by atoms with E-state index in [0.717, 1.165) is 29.6 Å². The van der Waals surface area contributed by atoms with Crippen LogP contribution in [0.3, 0.4) is 0 Å². The zero-order chi connectivity index (χ0) is 12.8. The summed E-state index contributed by atoms with van der Waals surface area (Å²) in [7, 11) is 0. The monoisotopic (exact) mass is 250 g/mol. The summed E-state index contributed by atoms with van der Waals surface area (Å²) in [5.74, 6) is 3.68. The third kappa shape index (κ3) is 8.83. The smallest absolute Gasteiger partial charge is 0.117 e. The maximum atomic E-state index is 5.40. The van der Waals surface area contributed by atoms with Gasteiger partial charge in [0.25, 0.3) is 0 Å². The van der Waals surface area contributed by atoms with Gasteiger partial charge in [-0.2, -0.15) is 11.8 Å².